The summed E-state index contributed by atoms with van der Waals surface area (Å²) in [4.78, 5) is 0. The standard InChI is InChI=1S/C9H12N5/c1-3-4-7-5-8(13-12-7)9-10-6(2)11-14-9/h5H,3-4H2,1-2H3,(H,12,13). The van der Waals surface area contributed by atoms with Crippen molar-refractivity contribution in [3.8, 4) is 0 Å². The first kappa shape index (κ1) is 8.93. The van der Waals surface area contributed by atoms with Crippen molar-refractivity contribution >= 4 is 11.7 Å². The highest BCUT2D eigenvalue weighted by Crippen LogP contribution is 2.06. The molecule has 0 fully saturated rings. The molecule has 0 bridgehead atoms. The van der Waals surface area contributed by atoms with Crippen LogP contribution < -0.4 is 5.32 Å². The molecule has 0 amide bonds. The zero-order chi connectivity index (χ0) is 9.97. The summed E-state index contributed by atoms with van der Waals surface area (Å²) in [5.41, 5.74) is 1.89. The number of amidine groups is 2. The van der Waals surface area contributed by atoms with Crippen LogP contribution in [0.4, 0.5) is 0 Å². The average Bonchev–Trinajstić information content (AvgIpc) is 2.74. The average molecular weight is 190 g/mol. The monoisotopic (exact) mass is 190 g/mol. The predicted octanol–water partition coefficient (Wildman–Crippen LogP) is 1.06. The summed E-state index contributed by atoms with van der Waals surface area (Å²) in [6.07, 6.45) is 2.06. The lowest BCUT2D eigenvalue weighted by atomic mass is 10.2. The van der Waals surface area contributed by atoms with E-state index < -0.39 is 0 Å². The Morgan fingerprint density at radius 1 is 1.36 bits per heavy atom. The largest absolute Gasteiger partial charge is 0.274 e. The third-order valence-corrected chi connectivity index (χ3v) is 1.94. The van der Waals surface area contributed by atoms with Gasteiger partial charge in [-0.25, -0.2) is 5.32 Å². The van der Waals surface area contributed by atoms with E-state index in [1.165, 1.54) is 0 Å². The summed E-state index contributed by atoms with van der Waals surface area (Å²) in [5.74, 6) is 1.31. The number of aromatic nitrogens is 2. The van der Waals surface area contributed by atoms with Crippen LogP contribution in [-0.4, -0.2) is 21.9 Å². The van der Waals surface area contributed by atoms with Crippen LogP contribution in [0.3, 0.4) is 0 Å². The fourth-order valence-electron chi connectivity index (χ4n) is 1.29. The van der Waals surface area contributed by atoms with E-state index in [0.717, 1.165) is 24.2 Å². The lowest BCUT2D eigenvalue weighted by Gasteiger charge is -1.92. The highest BCUT2D eigenvalue weighted by Gasteiger charge is 2.14. The minimum Gasteiger partial charge on any atom is -0.274 e. The molecule has 0 atom stereocenters. The second kappa shape index (κ2) is 3.61. The van der Waals surface area contributed by atoms with Gasteiger partial charge < -0.3 is 0 Å². The van der Waals surface area contributed by atoms with E-state index >= 15 is 0 Å². The first-order valence-electron chi connectivity index (χ1n) is 4.68. The predicted molar refractivity (Wildman–Crippen MR) is 54.4 cm³/mol. The van der Waals surface area contributed by atoms with Gasteiger partial charge in [0.15, 0.2) is 5.84 Å². The van der Waals surface area contributed by atoms with Crippen LogP contribution in [0, 0.1) is 0 Å². The lowest BCUT2D eigenvalue weighted by Crippen LogP contribution is -2.16. The third kappa shape index (κ3) is 1.66. The summed E-state index contributed by atoms with van der Waals surface area (Å²) >= 11 is 0. The maximum absolute atomic E-state index is 4.16. The van der Waals surface area contributed by atoms with Crippen LogP contribution in [0.2, 0.25) is 0 Å². The number of hydrogen-bond donors (Lipinski definition) is 1. The number of nitrogens with zero attached hydrogens (tertiary/aromatic N) is 4. The van der Waals surface area contributed by atoms with Gasteiger partial charge in [0, 0.05) is 0 Å². The summed E-state index contributed by atoms with van der Waals surface area (Å²) in [6.45, 7) is 3.94. The van der Waals surface area contributed by atoms with Crippen molar-refractivity contribution in [1.82, 2.24) is 15.5 Å². The minimum absolute atomic E-state index is 0.623. The van der Waals surface area contributed by atoms with Crippen LogP contribution in [0.15, 0.2) is 16.3 Å². The first-order chi connectivity index (χ1) is 6.79. The number of H-pyrrole nitrogens is 1. The van der Waals surface area contributed by atoms with Crippen LogP contribution in [0.1, 0.15) is 31.7 Å². The first-order valence-corrected chi connectivity index (χ1v) is 4.68. The van der Waals surface area contributed by atoms with Crippen LogP contribution in [-0.2, 0) is 6.42 Å². The van der Waals surface area contributed by atoms with Gasteiger partial charge in [-0.05, 0) is 19.4 Å². The van der Waals surface area contributed by atoms with E-state index in [1.54, 1.807) is 0 Å². The van der Waals surface area contributed by atoms with Gasteiger partial charge in [-0.2, -0.15) is 5.10 Å². The second-order valence-electron chi connectivity index (χ2n) is 3.21. The molecule has 1 aliphatic heterocycles. The van der Waals surface area contributed by atoms with Gasteiger partial charge in [0.2, 0.25) is 5.84 Å². The molecule has 1 aromatic heterocycles. The van der Waals surface area contributed by atoms with Gasteiger partial charge >= 0.3 is 0 Å². The molecule has 5 nitrogen and oxygen atoms in total. The third-order valence-electron chi connectivity index (χ3n) is 1.94. The molecular weight excluding hydrogens is 178 g/mol. The van der Waals surface area contributed by atoms with Gasteiger partial charge in [0.05, 0.1) is 5.69 Å². The Morgan fingerprint density at radius 2 is 2.21 bits per heavy atom. The molecule has 1 N–H and O–H groups in total. The molecule has 1 aromatic rings. The Kier molecular flexibility index (Phi) is 2.30. The molecule has 0 saturated carbocycles. The number of nitrogens with one attached hydrogen (secondary N) is 1. The molecule has 0 aromatic carbocycles. The number of hydrogen-bond acceptors (Lipinski definition) is 3. The molecular formula is C9H12N5. The van der Waals surface area contributed by atoms with Gasteiger partial charge in [0.1, 0.15) is 5.69 Å². The maximum atomic E-state index is 4.16. The summed E-state index contributed by atoms with van der Waals surface area (Å²) in [6, 6.07) is 1.97. The Balaban J connectivity index is 2.11. The summed E-state index contributed by atoms with van der Waals surface area (Å²) in [7, 11) is 0. The molecule has 1 aliphatic rings. The Labute approximate surface area is 82.3 Å². The molecule has 1 radical (unpaired) electrons. The number of rotatable bonds is 3. The van der Waals surface area contributed by atoms with Crippen molar-refractivity contribution in [3.63, 3.8) is 0 Å². The summed E-state index contributed by atoms with van der Waals surface area (Å²) in [5, 5.41) is 19.0. The maximum Gasteiger partial charge on any atom is 0.201 e. The van der Waals surface area contributed by atoms with E-state index in [9.17, 15) is 0 Å². The normalized spacial score (nSPS) is 15.0. The molecule has 73 valence electrons. The molecule has 0 unspecified atom stereocenters. The molecule has 5 heteroatoms. The SMILES string of the molecule is CCCc1cc(C2=NN=C(C)[N]2)[nH]n1. The van der Waals surface area contributed by atoms with Crippen molar-refractivity contribution in [2.75, 3.05) is 0 Å². The van der Waals surface area contributed by atoms with Gasteiger partial charge in [-0.3, -0.25) is 5.10 Å². The van der Waals surface area contributed by atoms with Gasteiger partial charge in [-0.1, -0.05) is 13.3 Å². The lowest BCUT2D eigenvalue weighted by molar-refractivity contribution is 0.866. The Hall–Kier alpha value is -1.65. The molecule has 14 heavy (non-hydrogen) atoms. The molecule has 0 spiro atoms. The quantitative estimate of drug-likeness (QED) is 0.760. The fraction of sp³-hybridized carbons (Fsp3) is 0.444. The minimum atomic E-state index is 0.623. The van der Waals surface area contributed by atoms with E-state index in [-0.39, 0.29) is 0 Å². The number of aryl methyl sites for hydroxylation is 1. The van der Waals surface area contributed by atoms with Crippen molar-refractivity contribution in [3.05, 3.63) is 17.5 Å². The van der Waals surface area contributed by atoms with Crippen LogP contribution >= 0.6 is 0 Å². The highest BCUT2D eigenvalue weighted by atomic mass is 15.4. The van der Waals surface area contributed by atoms with Crippen molar-refractivity contribution in [1.29, 1.82) is 0 Å². The van der Waals surface area contributed by atoms with E-state index in [2.05, 4.69) is 32.6 Å². The smallest absolute Gasteiger partial charge is 0.201 e. The zero-order valence-corrected chi connectivity index (χ0v) is 8.28. The van der Waals surface area contributed by atoms with E-state index in [1.807, 2.05) is 13.0 Å². The molecule has 0 aliphatic carbocycles. The molecule has 0 saturated heterocycles. The van der Waals surface area contributed by atoms with Crippen LogP contribution in [0.5, 0.6) is 0 Å². The number of aromatic amines is 1. The Bertz CT molecular complexity index is 388. The van der Waals surface area contributed by atoms with E-state index in [4.69, 9.17) is 0 Å². The highest BCUT2D eigenvalue weighted by molar-refractivity contribution is 6.09. The zero-order valence-electron chi connectivity index (χ0n) is 8.28. The van der Waals surface area contributed by atoms with Crippen molar-refractivity contribution in [2.45, 2.75) is 26.7 Å². The van der Waals surface area contributed by atoms with Gasteiger partial charge in [-0.15, -0.1) is 10.2 Å². The van der Waals surface area contributed by atoms with Crippen molar-refractivity contribution in [2.24, 2.45) is 10.2 Å². The molecule has 2 heterocycles. The van der Waals surface area contributed by atoms with Crippen LogP contribution in [0.25, 0.3) is 0 Å². The summed E-state index contributed by atoms with van der Waals surface area (Å²) < 4.78 is 0. The van der Waals surface area contributed by atoms with Gasteiger partial charge in [0.25, 0.3) is 0 Å². The molecule has 2 rings (SSSR count). The topological polar surface area (TPSA) is 67.5 Å². The fourth-order valence-corrected chi connectivity index (χ4v) is 1.29. The second-order valence-corrected chi connectivity index (χ2v) is 3.21. The Morgan fingerprint density at radius 3 is 2.86 bits per heavy atom. The van der Waals surface area contributed by atoms with E-state index in [0.29, 0.717) is 11.7 Å². The van der Waals surface area contributed by atoms with Crippen molar-refractivity contribution < 1.29 is 0 Å².